The molecule has 0 aliphatic heterocycles. The molecule has 0 amide bonds. The number of fused-ring (bicyclic) bond motifs is 1. The normalized spacial score (nSPS) is 11.2. The summed E-state index contributed by atoms with van der Waals surface area (Å²) in [4.78, 5) is 29.0. The molecule has 1 aromatic carbocycles. The van der Waals surface area contributed by atoms with Gasteiger partial charge in [0.05, 0.1) is 0 Å². The molecule has 6 nitrogen and oxygen atoms in total. The van der Waals surface area contributed by atoms with Crippen molar-refractivity contribution >= 4 is 11.2 Å². The Hall–Kier alpha value is -2.63. The van der Waals surface area contributed by atoms with Gasteiger partial charge in [-0.25, -0.2) is 9.78 Å². The monoisotopic (exact) mass is 298 g/mol. The van der Waals surface area contributed by atoms with Crippen LogP contribution in [0.15, 0.2) is 39.9 Å². The van der Waals surface area contributed by atoms with Crippen molar-refractivity contribution in [3.05, 3.63) is 62.6 Å². The molecule has 0 aliphatic carbocycles. The van der Waals surface area contributed by atoms with Crippen LogP contribution < -0.4 is 11.2 Å². The molecule has 0 saturated carbocycles. The Morgan fingerprint density at radius 1 is 1.05 bits per heavy atom. The lowest BCUT2D eigenvalue weighted by atomic mass is 10.1. The van der Waals surface area contributed by atoms with Crippen LogP contribution in [-0.2, 0) is 27.1 Å². The Balaban J connectivity index is 2.29. The third-order valence-electron chi connectivity index (χ3n) is 3.95. The van der Waals surface area contributed by atoms with Crippen LogP contribution in [0.1, 0.15) is 18.3 Å². The van der Waals surface area contributed by atoms with Gasteiger partial charge in [-0.1, -0.05) is 30.3 Å². The van der Waals surface area contributed by atoms with E-state index in [4.69, 9.17) is 0 Å². The summed E-state index contributed by atoms with van der Waals surface area (Å²) in [7, 11) is 3.14. The van der Waals surface area contributed by atoms with Crippen molar-refractivity contribution < 1.29 is 0 Å². The third kappa shape index (κ3) is 2.07. The summed E-state index contributed by atoms with van der Waals surface area (Å²) >= 11 is 0. The van der Waals surface area contributed by atoms with Gasteiger partial charge in [-0.15, -0.1) is 0 Å². The molecule has 6 heteroatoms. The highest BCUT2D eigenvalue weighted by Crippen LogP contribution is 2.14. The minimum Gasteiger partial charge on any atom is -0.322 e. The highest BCUT2D eigenvalue weighted by atomic mass is 16.2. The first-order valence-electron chi connectivity index (χ1n) is 7.23. The van der Waals surface area contributed by atoms with E-state index < -0.39 is 0 Å². The predicted octanol–water partition coefficient (Wildman–Crippen LogP) is 1.04. The average Bonchev–Trinajstić information content (AvgIpc) is 2.90. The van der Waals surface area contributed by atoms with Crippen LogP contribution in [0.5, 0.6) is 0 Å². The van der Waals surface area contributed by atoms with E-state index in [0.717, 1.165) is 16.0 Å². The molecule has 0 fully saturated rings. The molecule has 0 atom stereocenters. The van der Waals surface area contributed by atoms with Gasteiger partial charge in [0.2, 0.25) is 0 Å². The lowest BCUT2D eigenvalue weighted by molar-refractivity contribution is 0.695. The fourth-order valence-electron chi connectivity index (χ4n) is 2.75. The molecule has 2 aromatic heterocycles. The zero-order chi connectivity index (χ0) is 15.9. The van der Waals surface area contributed by atoms with Crippen LogP contribution >= 0.6 is 0 Å². The quantitative estimate of drug-likeness (QED) is 0.726. The summed E-state index contributed by atoms with van der Waals surface area (Å²) in [6.45, 7) is 2.60. The van der Waals surface area contributed by atoms with E-state index in [1.807, 2.05) is 41.8 Å². The summed E-state index contributed by atoms with van der Waals surface area (Å²) in [6.07, 6.45) is 0.626. The highest BCUT2D eigenvalue weighted by Gasteiger charge is 2.18. The number of aryl methyl sites for hydroxylation is 2. The van der Waals surface area contributed by atoms with Crippen molar-refractivity contribution in [3.63, 3.8) is 0 Å². The summed E-state index contributed by atoms with van der Waals surface area (Å²) in [5.41, 5.74) is 1.39. The van der Waals surface area contributed by atoms with Gasteiger partial charge < -0.3 is 4.57 Å². The highest BCUT2D eigenvalue weighted by molar-refractivity contribution is 5.71. The summed E-state index contributed by atoms with van der Waals surface area (Å²) in [6, 6.07) is 9.96. The fourth-order valence-corrected chi connectivity index (χ4v) is 2.75. The van der Waals surface area contributed by atoms with E-state index in [2.05, 4.69) is 4.98 Å². The Bertz CT molecular complexity index is 948. The second-order valence-electron chi connectivity index (χ2n) is 5.31. The van der Waals surface area contributed by atoms with Gasteiger partial charge in [0.15, 0.2) is 11.2 Å². The summed E-state index contributed by atoms with van der Waals surface area (Å²) < 4.78 is 4.45. The van der Waals surface area contributed by atoms with Gasteiger partial charge in [-0.3, -0.25) is 13.9 Å². The summed E-state index contributed by atoms with van der Waals surface area (Å²) in [5.74, 6) is 0.794. The van der Waals surface area contributed by atoms with E-state index in [1.54, 1.807) is 7.05 Å². The Morgan fingerprint density at radius 3 is 2.36 bits per heavy atom. The van der Waals surface area contributed by atoms with Crippen LogP contribution in [0.25, 0.3) is 11.2 Å². The lowest BCUT2D eigenvalue weighted by Crippen LogP contribution is -2.37. The SMILES string of the molecule is CCn1c(Cc2ccccc2)nc2c1c(=O)n(C)c(=O)n2C. The van der Waals surface area contributed by atoms with Gasteiger partial charge >= 0.3 is 5.69 Å². The minimum atomic E-state index is -0.357. The third-order valence-corrected chi connectivity index (χ3v) is 3.95. The Labute approximate surface area is 127 Å². The first-order chi connectivity index (χ1) is 10.5. The topological polar surface area (TPSA) is 61.8 Å². The number of benzene rings is 1. The van der Waals surface area contributed by atoms with E-state index in [-0.39, 0.29) is 11.2 Å². The molecule has 0 bridgehead atoms. The van der Waals surface area contributed by atoms with E-state index in [1.165, 1.54) is 11.6 Å². The molecule has 3 rings (SSSR count). The number of nitrogens with zero attached hydrogens (tertiary/aromatic N) is 4. The van der Waals surface area contributed by atoms with Crippen LogP contribution in [-0.4, -0.2) is 18.7 Å². The molecule has 0 saturated heterocycles. The van der Waals surface area contributed by atoms with Crippen molar-refractivity contribution in [1.29, 1.82) is 0 Å². The maximum absolute atomic E-state index is 12.4. The molecule has 3 aromatic rings. The number of rotatable bonds is 3. The molecule has 2 heterocycles. The smallest absolute Gasteiger partial charge is 0.322 e. The van der Waals surface area contributed by atoms with E-state index in [0.29, 0.717) is 24.1 Å². The zero-order valence-electron chi connectivity index (χ0n) is 12.9. The first-order valence-corrected chi connectivity index (χ1v) is 7.23. The van der Waals surface area contributed by atoms with Crippen molar-refractivity contribution in [2.45, 2.75) is 19.9 Å². The molecule has 22 heavy (non-hydrogen) atoms. The maximum Gasteiger partial charge on any atom is 0.332 e. The zero-order valence-corrected chi connectivity index (χ0v) is 12.9. The Kier molecular flexibility index (Phi) is 3.44. The second-order valence-corrected chi connectivity index (χ2v) is 5.31. The number of hydrogen-bond acceptors (Lipinski definition) is 3. The van der Waals surface area contributed by atoms with Crippen LogP contribution in [0.4, 0.5) is 0 Å². The largest absolute Gasteiger partial charge is 0.332 e. The molecule has 0 aliphatic rings. The van der Waals surface area contributed by atoms with E-state index in [9.17, 15) is 9.59 Å². The number of aromatic nitrogens is 4. The van der Waals surface area contributed by atoms with Crippen LogP contribution in [0.2, 0.25) is 0 Å². The first kappa shape index (κ1) is 14.3. The molecular formula is C16H18N4O2. The van der Waals surface area contributed by atoms with E-state index >= 15 is 0 Å². The van der Waals surface area contributed by atoms with Gasteiger partial charge in [0.25, 0.3) is 5.56 Å². The van der Waals surface area contributed by atoms with Crippen molar-refractivity contribution in [2.75, 3.05) is 0 Å². The maximum atomic E-state index is 12.4. The second kappa shape index (κ2) is 5.29. The van der Waals surface area contributed by atoms with Gasteiger partial charge in [0.1, 0.15) is 5.82 Å². The van der Waals surface area contributed by atoms with Crippen molar-refractivity contribution in [3.8, 4) is 0 Å². The van der Waals surface area contributed by atoms with Crippen molar-refractivity contribution in [1.82, 2.24) is 18.7 Å². The Morgan fingerprint density at radius 2 is 1.73 bits per heavy atom. The molecule has 0 unspecified atom stereocenters. The minimum absolute atomic E-state index is 0.299. The standard InChI is InChI=1S/C16H18N4O2/c1-4-20-12(10-11-8-6-5-7-9-11)17-14-13(20)15(21)19(3)16(22)18(14)2/h5-9H,4,10H2,1-3H3. The number of hydrogen-bond donors (Lipinski definition) is 0. The van der Waals surface area contributed by atoms with Gasteiger partial charge in [-0.05, 0) is 12.5 Å². The van der Waals surface area contributed by atoms with Gasteiger partial charge in [-0.2, -0.15) is 0 Å². The predicted molar refractivity (Wildman–Crippen MR) is 85.1 cm³/mol. The lowest BCUT2D eigenvalue weighted by Gasteiger charge is -2.06. The summed E-state index contributed by atoms with van der Waals surface area (Å²) in [5, 5.41) is 0. The molecule has 0 radical (unpaired) electrons. The average molecular weight is 298 g/mol. The molecule has 0 spiro atoms. The van der Waals surface area contributed by atoms with Crippen LogP contribution in [0.3, 0.4) is 0 Å². The van der Waals surface area contributed by atoms with Crippen molar-refractivity contribution in [2.24, 2.45) is 14.1 Å². The fraction of sp³-hybridized carbons (Fsp3) is 0.312. The molecule has 0 N–H and O–H groups in total. The van der Waals surface area contributed by atoms with Crippen LogP contribution in [0, 0.1) is 0 Å². The molecular weight excluding hydrogens is 280 g/mol. The number of imidazole rings is 1. The van der Waals surface area contributed by atoms with Gasteiger partial charge in [0, 0.05) is 27.1 Å². The molecule has 114 valence electrons.